The Hall–Kier alpha value is -0.120. The monoisotopic (exact) mass is 130 g/mol. The molecule has 0 aliphatic carbocycles. The van der Waals surface area contributed by atoms with E-state index in [0.717, 1.165) is 0 Å². The molecule has 52 valence electrons. The van der Waals surface area contributed by atoms with Crippen molar-refractivity contribution in [1.29, 1.82) is 0 Å². The van der Waals surface area contributed by atoms with Gasteiger partial charge in [0.25, 0.3) is 0 Å². The smallest absolute Gasteiger partial charge is 0.0885 e. The fourth-order valence-electron chi connectivity index (χ4n) is 1.43. The van der Waals surface area contributed by atoms with E-state index in [1.807, 2.05) is 0 Å². The molecule has 0 aromatic rings. The van der Waals surface area contributed by atoms with E-state index in [9.17, 15) is 5.11 Å². The normalized spacial score (nSPS) is 49.7. The minimum atomic E-state index is -0.280. The van der Waals surface area contributed by atoms with Crippen LogP contribution in [0.2, 0.25) is 0 Å². The lowest BCUT2D eigenvalue weighted by atomic mass is 10.0. The van der Waals surface area contributed by atoms with Crippen LogP contribution in [0, 0.1) is 5.92 Å². The Morgan fingerprint density at radius 1 is 1.22 bits per heavy atom. The van der Waals surface area contributed by atoms with E-state index in [1.165, 1.54) is 0 Å². The molecule has 0 spiro atoms. The fourth-order valence-corrected chi connectivity index (χ4v) is 1.43. The first-order valence-electron chi connectivity index (χ1n) is 3.25. The molecule has 0 amide bonds. The number of ether oxygens (including phenoxy) is 2. The highest BCUT2D eigenvalue weighted by Gasteiger charge is 2.40. The predicted molar refractivity (Wildman–Crippen MR) is 30.1 cm³/mol. The molecule has 3 heteroatoms. The summed E-state index contributed by atoms with van der Waals surface area (Å²) in [5.74, 6) is 0.255. The molecule has 2 aliphatic heterocycles. The average Bonchev–Trinajstić information content (AvgIpc) is 2.35. The van der Waals surface area contributed by atoms with Crippen molar-refractivity contribution in [3.8, 4) is 0 Å². The molecule has 0 saturated carbocycles. The highest BCUT2D eigenvalue weighted by atomic mass is 16.6. The van der Waals surface area contributed by atoms with E-state index in [0.29, 0.717) is 19.8 Å². The van der Waals surface area contributed by atoms with E-state index < -0.39 is 0 Å². The van der Waals surface area contributed by atoms with Crippen molar-refractivity contribution in [2.75, 3.05) is 19.8 Å². The highest BCUT2D eigenvalue weighted by Crippen LogP contribution is 2.26. The van der Waals surface area contributed by atoms with Gasteiger partial charge in [-0.1, -0.05) is 0 Å². The highest BCUT2D eigenvalue weighted by molar-refractivity contribution is 4.86. The summed E-state index contributed by atoms with van der Waals surface area (Å²) < 4.78 is 10.3. The van der Waals surface area contributed by atoms with Crippen LogP contribution in [0.15, 0.2) is 0 Å². The summed E-state index contributed by atoms with van der Waals surface area (Å²) in [7, 11) is 0. The van der Waals surface area contributed by atoms with Crippen LogP contribution < -0.4 is 0 Å². The summed E-state index contributed by atoms with van der Waals surface area (Å²) in [6.07, 6.45) is -0.0995. The van der Waals surface area contributed by atoms with Crippen LogP contribution in [-0.4, -0.2) is 37.1 Å². The number of aliphatic hydroxyl groups is 1. The predicted octanol–water partition coefficient (Wildman–Crippen LogP) is -0.608. The summed E-state index contributed by atoms with van der Waals surface area (Å²) in [4.78, 5) is 0. The molecule has 2 aliphatic rings. The van der Waals surface area contributed by atoms with Gasteiger partial charge in [-0.15, -0.1) is 0 Å². The Morgan fingerprint density at radius 3 is 2.89 bits per heavy atom. The summed E-state index contributed by atoms with van der Waals surface area (Å²) in [6, 6.07) is 0. The topological polar surface area (TPSA) is 38.7 Å². The van der Waals surface area contributed by atoms with Crippen LogP contribution in [-0.2, 0) is 9.47 Å². The zero-order valence-electron chi connectivity index (χ0n) is 5.12. The Balaban J connectivity index is 2.07. The molecule has 9 heavy (non-hydrogen) atoms. The first kappa shape index (κ1) is 5.65. The maximum absolute atomic E-state index is 9.19. The lowest BCUT2D eigenvalue weighted by molar-refractivity contribution is 0.0434. The molecule has 2 saturated heterocycles. The van der Waals surface area contributed by atoms with Crippen LogP contribution in [0.3, 0.4) is 0 Å². The molecule has 0 aromatic heterocycles. The maximum Gasteiger partial charge on any atom is 0.0885 e. The minimum absolute atomic E-state index is 0.181. The van der Waals surface area contributed by atoms with Gasteiger partial charge in [0, 0.05) is 5.92 Å². The second-order valence-corrected chi connectivity index (χ2v) is 2.64. The van der Waals surface area contributed by atoms with Gasteiger partial charge in [0.1, 0.15) is 0 Å². The molecular weight excluding hydrogens is 120 g/mol. The quantitative estimate of drug-likeness (QED) is 0.475. The van der Waals surface area contributed by atoms with Gasteiger partial charge < -0.3 is 14.6 Å². The summed E-state index contributed by atoms with van der Waals surface area (Å²) in [5, 5.41) is 9.19. The third kappa shape index (κ3) is 0.764. The molecule has 0 radical (unpaired) electrons. The molecule has 1 N–H and O–H groups in total. The third-order valence-corrected chi connectivity index (χ3v) is 2.05. The maximum atomic E-state index is 9.19. The van der Waals surface area contributed by atoms with Crippen LogP contribution in [0.25, 0.3) is 0 Å². The van der Waals surface area contributed by atoms with Gasteiger partial charge in [0.15, 0.2) is 0 Å². The second-order valence-electron chi connectivity index (χ2n) is 2.64. The fraction of sp³-hybridized carbons (Fsp3) is 1.00. The summed E-state index contributed by atoms with van der Waals surface area (Å²) in [5.41, 5.74) is 0. The molecule has 0 aromatic carbocycles. The van der Waals surface area contributed by atoms with Gasteiger partial charge in [-0.2, -0.15) is 0 Å². The van der Waals surface area contributed by atoms with Crippen molar-refractivity contribution < 1.29 is 14.6 Å². The van der Waals surface area contributed by atoms with Gasteiger partial charge in [0.05, 0.1) is 32.0 Å². The molecule has 3 atom stereocenters. The van der Waals surface area contributed by atoms with Crippen molar-refractivity contribution >= 4 is 0 Å². The molecule has 2 fully saturated rings. The van der Waals surface area contributed by atoms with E-state index >= 15 is 0 Å². The lowest BCUT2D eigenvalue weighted by Gasteiger charge is -2.05. The third-order valence-electron chi connectivity index (χ3n) is 2.05. The van der Waals surface area contributed by atoms with Gasteiger partial charge in [-0.25, -0.2) is 0 Å². The van der Waals surface area contributed by atoms with Crippen LogP contribution in [0.1, 0.15) is 0 Å². The SMILES string of the molecule is O[C@@H]1CO[C@H]2COC[C@@H]12. The Bertz CT molecular complexity index is 115. The van der Waals surface area contributed by atoms with Crippen LogP contribution in [0.5, 0.6) is 0 Å². The number of hydrogen-bond donors (Lipinski definition) is 1. The number of rotatable bonds is 0. The first-order chi connectivity index (χ1) is 4.38. The van der Waals surface area contributed by atoms with Crippen molar-refractivity contribution in [1.82, 2.24) is 0 Å². The van der Waals surface area contributed by atoms with Crippen molar-refractivity contribution in [2.24, 2.45) is 5.92 Å². The molecule has 3 nitrogen and oxygen atoms in total. The second kappa shape index (κ2) is 1.94. The average molecular weight is 130 g/mol. The molecule has 0 unspecified atom stereocenters. The molecule has 0 bridgehead atoms. The molecule has 2 rings (SSSR count). The van der Waals surface area contributed by atoms with Gasteiger partial charge in [-0.3, -0.25) is 0 Å². The molecular formula is C6H10O3. The van der Waals surface area contributed by atoms with E-state index in [1.54, 1.807) is 0 Å². The standard InChI is InChI=1S/C6H10O3/c7-5-2-9-6-3-8-1-4(5)6/h4-7H,1-3H2/t4-,5+,6-/m0/s1. The largest absolute Gasteiger partial charge is 0.390 e. The summed E-state index contributed by atoms with van der Waals surface area (Å²) >= 11 is 0. The van der Waals surface area contributed by atoms with Crippen molar-refractivity contribution in [3.05, 3.63) is 0 Å². The van der Waals surface area contributed by atoms with Crippen molar-refractivity contribution in [3.63, 3.8) is 0 Å². The Morgan fingerprint density at radius 2 is 2.11 bits per heavy atom. The van der Waals surface area contributed by atoms with Gasteiger partial charge in [0.2, 0.25) is 0 Å². The van der Waals surface area contributed by atoms with E-state index in [2.05, 4.69) is 0 Å². The molecule has 2 heterocycles. The number of fused-ring (bicyclic) bond motifs is 1. The lowest BCUT2D eigenvalue weighted by Crippen LogP contribution is -2.21. The Labute approximate surface area is 53.6 Å². The van der Waals surface area contributed by atoms with Crippen molar-refractivity contribution in [2.45, 2.75) is 12.2 Å². The minimum Gasteiger partial charge on any atom is -0.390 e. The summed E-state index contributed by atoms with van der Waals surface area (Å²) in [6.45, 7) is 1.84. The number of aliphatic hydroxyl groups excluding tert-OH is 1. The van der Waals surface area contributed by atoms with Crippen LogP contribution >= 0.6 is 0 Å². The first-order valence-corrected chi connectivity index (χ1v) is 3.25. The zero-order chi connectivity index (χ0) is 6.27. The van der Waals surface area contributed by atoms with E-state index in [4.69, 9.17) is 9.47 Å². The zero-order valence-corrected chi connectivity index (χ0v) is 5.12. The number of hydrogen-bond acceptors (Lipinski definition) is 3. The van der Waals surface area contributed by atoms with E-state index in [-0.39, 0.29) is 18.1 Å². The van der Waals surface area contributed by atoms with Crippen LogP contribution in [0.4, 0.5) is 0 Å². The Kier molecular flexibility index (Phi) is 1.22. The van der Waals surface area contributed by atoms with Gasteiger partial charge in [-0.05, 0) is 0 Å². The van der Waals surface area contributed by atoms with Gasteiger partial charge >= 0.3 is 0 Å².